The van der Waals surface area contributed by atoms with Crippen molar-refractivity contribution in [3.05, 3.63) is 9.67 Å². The van der Waals surface area contributed by atoms with Gasteiger partial charge in [0.2, 0.25) is 0 Å². The van der Waals surface area contributed by atoms with Crippen LogP contribution in [0.4, 0.5) is 0 Å². The SMILES string of the molecule is [SnH3][C]1=CCCC1. The number of rotatable bonds is 0. The van der Waals surface area contributed by atoms with Crippen LogP contribution in [-0.4, -0.2) is 22.5 Å². The van der Waals surface area contributed by atoms with E-state index in [9.17, 15) is 0 Å². The summed E-state index contributed by atoms with van der Waals surface area (Å²) in [5, 5.41) is 0. The van der Waals surface area contributed by atoms with Crippen LogP contribution in [0.1, 0.15) is 19.3 Å². The van der Waals surface area contributed by atoms with Crippen molar-refractivity contribution in [1.82, 2.24) is 0 Å². The van der Waals surface area contributed by atoms with Crippen LogP contribution >= 0.6 is 0 Å². The van der Waals surface area contributed by atoms with E-state index in [1.807, 2.05) is 0 Å². The number of hydrogen-bond donors (Lipinski definition) is 0. The van der Waals surface area contributed by atoms with Crippen molar-refractivity contribution >= 4 is 22.5 Å². The van der Waals surface area contributed by atoms with E-state index in [0.29, 0.717) is 0 Å². The standard InChI is InChI=1S/C5H7.Sn.3H/c1-2-4-5-3-1;;;;/h1H,2,4-5H2;;;;. The van der Waals surface area contributed by atoms with Crippen molar-refractivity contribution in [2.75, 3.05) is 0 Å². The Balaban J connectivity index is 2.45. The topological polar surface area (TPSA) is 0 Å². The van der Waals surface area contributed by atoms with Gasteiger partial charge in [0.15, 0.2) is 0 Å². The average Bonchev–Trinajstić information content (AvgIpc) is 1.86. The summed E-state index contributed by atoms with van der Waals surface area (Å²) in [7, 11) is 0. The van der Waals surface area contributed by atoms with Crippen LogP contribution in [0.3, 0.4) is 0 Å². The van der Waals surface area contributed by atoms with Gasteiger partial charge in [0.05, 0.1) is 0 Å². The Kier molecular flexibility index (Phi) is 1.57. The van der Waals surface area contributed by atoms with E-state index in [4.69, 9.17) is 0 Å². The molecule has 0 bridgehead atoms. The predicted octanol–water partition coefficient (Wildman–Crippen LogP) is 0.420. The fourth-order valence-corrected chi connectivity index (χ4v) is 2.66. The molecule has 1 aliphatic rings. The first kappa shape index (κ1) is 4.69. The summed E-state index contributed by atoms with van der Waals surface area (Å²) in [6.07, 6.45) is 6.68. The summed E-state index contributed by atoms with van der Waals surface area (Å²) in [5.41, 5.74) is 0. The van der Waals surface area contributed by atoms with Crippen molar-refractivity contribution in [1.29, 1.82) is 0 Å². The van der Waals surface area contributed by atoms with Gasteiger partial charge in [-0.05, 0) is 0 Å². The van der Waals surface area contributed by atoms with E-state index in [-0.39, 0.29) is 0 Å². The van der Waals surface area contributed by atoms with Crippen LogP contribution < -0.4 is 0 Å². The van der Waals surface area contributed by atoms with Crippen LogP contribution in [0.2, 0.25) is 0 Å². The molecule has 0 heterocycles. The zero-order valence-electron chi connectivity index (χ0n) is 4.20. The van der Waals surface area contributed by atoms with E-state index in [2.05, 4.69) is 6.08 Å². The van der Waals surface area contributed by atoms with Crippen molar-refractivity contribution in [2.45, 2.75) is 19.3 Å². The molecule has 0 aromatic heterocycles. The summed E-state index contributed by atoms with van der Waals surface area (Å²) < 4.78 is 1.79. The molecule has 0 aromatic rings. The molecule has 34 valence electrons. The number of hydrogen-bond acceptors (Lipinski definition) is 0. The maximum absolute atomic E-state index is 2.41. The van der Waals surface area contributed by atoms with Crippen LogP contribution in [0.5, 0.6) is 0 Å². The van der Waals surface area contributed by atoms with E-state index in [1.165, 1.54) is 19.3 Å². The van der Waals surface area contributed by atoms with Crippen molar-refractivity contribution in [3.8, 4) is 0 Å². The van der Waals surface area contributed by atoms with Crippen LogP contribution in [-0.2, 0) is 0 Å². The summed E-state index contributed by atoms with van der Waals surface area (Å²) in [6.45, 7) is 0. The van der Waals surface area contributed by atoms with Gasteiger partial charge in [-0.15, -0.1) is 0 Å². The van der Waals surface area contributed by atoms with E-state index in [0.717, 1.165) is 22.5 Å². The Hall–Kier alpha value is 0.539. The minimum absolute atomic E-state index is 0.860. The Morgan fingerprint density at radius 2 is 2.50 bits per heavy atom. The van der Waals surface area contributed by atoms with Gasteiger partial charge in [0, 0.05) is 0 Å². The number of allylic oxidation sites excluding steroid dienone is 2. The molecule has 0 amide bonds. The summed E-state index contributed by atoms with van der Waals surface area (Å²) in [5.74, 6) is 0. The van der Waals surface area contributed by atoms with E-state index >= 15 is 0 Å². The Morgan fingerprint density at radius 3 is 2.67 bits per heavy atom. The molecule has 6 heavy (non-hydrogen) atoms. The van der Waals surface area contributed by atoms with Gasteiger partial charge in [-0.25, -0.2) is 0 Å². The molecule has 0 aliphatic heterocycles. The fraction of sp³-hybridized carbons (Fsp3) is 0.600. The molecule has 0 aromatic carbocycles. The van der Waals surface area contributed by atoms with Crippen LogP contribution in [0, 0.1) is 0 Å². The molecule has 0 radical (unpaired) electrons. The van der Waals surface area contributed by atoms with E-state index < -0.39 is 0 Å². The molecule has 0 saturated carbocycles. The third kappa shape index (κ3) is 1.00. The first-order valence-electron chi connectivity index (χ1n) is 2.55. The quantitative estimate of drug-likeness (QED) is 0.484. The minimum atomic E-state index is 0.860. The van der Waals surface area contributed by atoms with Gasteiger partial charge in [-0.3, -0.25) is 0 Å². The Bertz CT molecular complexity index is 74.0. The summed E-state index contributed by atoms with van der Waals surface area (Å²) in [6, 6.07) is 0. The molecular formula is C5H10Sn. The molecule has 0 N–H and O–H groups in total. The zero-order valence-corrected chi connectivity index (χ0v) is 9.91. The monoisotopic (exact) mass is 190 g/mol. The molecule has 1 rings (SSSR count). The first-order chi connectivity index (χ1) is 2.89. The fourth-order valence-electron chi connectivity index (χ4n) is 0.831. The first-order valence-corrected chi connectivity index (χ1v) is 5.40. The van der Waals surface area contributed by atoms with Crippen molar-refractivity contribution < 1.29 is 0 Å². The molecular weight excluding hydrogens is 179 g/mol. The second-order valence-electron chi connectivity index (χ2n) is 1.94. The molecule has 0 atom stereocenters. The van der Waals surface area contributed by atoms with Crippen molar-refractivity contribution in [3.63, 3.8) is 0 Å². The second kappa shape index (κ2) is 2.01. The van der Waals surface area contributed by atoms with Gasteiger partial charge < -0.3 is 0 Å². The molecule has 0 fully saturated rings. The molecule has 1 aliphatic carbocycles. The Labute approximate surface area is 51.7 Å². The molecule has 0 saturated heterocycles. The summed E-state index contributed by atoms with van der Waals surface area (Å²) in [4.78, 5) is 0. The van der Waals surface area contributed by atoms with Gasteiger partial charge in [-0.1, -0.05) is 0 Å². The van der Waals surface area contributed by atoms with Gasteiger partial charge >= 0.3 is 51.5 Å². The molecule has 1 heteroatoms. The van der Waals surface area contributed by atoms with Crippen LogP contribution in [0.25, 0.3) is 0 Å². The molecule has 0 spiro atoms. The van der Waals surface area contributed by atoms with Gasteiger partial charge in [0.1, 0.15) is 0 Å². The molecule has 0 unspecified atom stereocenters. The normalized spacial score (nSPS) is 21.7. The Morgan fingerprint density at radius 1 is 1.67 bits per heavy atom. The maximum atomic E-state index is 2.41. The third-order valence-corrected chi connectivity index (χ3v) is 3.86. The zero-order chi connectivity index (χ0) is 4.41. The van der Waals surface area contributed by atoms with Gasteiger partial charge in [0.25, 0.3) is 0 Å². The summed E-state index contributed by atoms with van der Waals surface area (Å²) >= 11 is 0.860. The molecule has 0 nitrogen and oxygen atoms in total. The third-order valence-electron chi connectivity index (χ3n) is 1.27. The van der Waals surface area contributed by atoms with Crippen molar-refractivity contribution in [2.24, 2.45) is 0 Å². The second-order valence-corrected chi connectivity index (χ2v) is 5.61. The predicted molar refractivity (Wildman–Crippen MR) is 31.9 cm³/mol. The average molecular weight is 189 g/mol. The van der Waals surface area contributed by atoms with Crippen LogP contribution in [0.15, 0.2) is 9.67 Å². The van der Waals surface area contributed by atoms with Gasteiger partial charge in [-0.2, -0.15) is 0 Å². The van der Waals surface area contributed by atoms with E-state index in [1.54, 1.807) is 3.59 Å².